The molecular formula is C12H17F2N3O2. The lowest BCUT2D eigenvalue weighted by Crippen LogP contribution is -2.49. The molecule has 1 aromatic heterocycles. The van der Waals surface area contributed by atoms with Crippen molar-refractivity contribution in [1.29, 1.82) is 0 Å². The molecule has 1 N–H and O–H groups in total. The highest BCUT2D eigenvalue weighted by Crippen LogP contribution is 2.34. The number of aryl methyl sites for hydroxylation is 1. The lowest BCUT2D eigenvalue weighted by Gasteiger charge is -2.38. The van der Waals surface area contributed by atoms with E-state index in [2.05, 4.69) is 9.97 Å². The molecular weight excluding hydrogens is 256 g/mol. The van der Waals surface area contributed by atoms with E-state index in [1.165, 1.54) is 7.11 Å². The lowest BCUT2D eigenvalue weighted by molar-refractivity contribution is -0.0880. The van der Waals surface area contributed by atoms with Gasteiger partial charge in [0.15, 0.2) is 0 Å². The van der Waals surface area contributed by atoms with Crippen LogP contribution in [0.1, 0.15) is 12.1 Å². The van der Waals surface area contributed by atoms with Crippen molar-refractivity contribution in [2.75, 3.05) is 31.7 Å². The Balaban J connectivity index is 2.21. The smallest absolute Gasteiger partial charge is 0.318 e. The number of hydrogen-bond acceptors (Lipinski definition) is 5. The van der Waals surface area contributed by atoms with Crippen molar-refractivity contribution in [3.8, 4) is 6.01 Å². The van der Waals surface area contributed by atoms with E-state index < -0.39 is 18.4 Å². The van der Waals surface area contributed by atoms with Crippen LogP contribution in [-0.4, -0.2) is 47.8 Å². The van der Waals surface area contributed by atoms with Crippen molar-refractivity contribution in [2.45, 2.75) is 19.3 Å². The summed E-state index contributed by atoms with van der Waals surface area (Å²) >= 11 is 0. The Bertz CT molecular complexity index is 457. The lowest BCUT2D eigenvalue weighted by atomic mass is 9.94. The SMILES string of the molecule is COc1nc(C)cc(N2CCC(F)(F)C(CO)C2)n1. The second-order valence-corrected chi connectivity index (χ2v) is 4.69. The first kappa shape index (κ1) is 13.9. The molecule has 2 heterocycles. The molecule has 106 valence electrons. The summed E-state index contributed by atoms with van der Waals surface area (Å²) in [5, 5.41) is 9.08. The van der Waals surface area contributed by atoms with Crippen molar-refractivity contribution < 1.29 is 18.6 Å². The van der Waals surface area contributed by atoms with Crippen molar-refractivity contribution in [3.63, 3.8) is 0 Å². The van der Waals surface area contributed by atoms with Gasteiger partial charge in [-0.15, -0.1) is 0 Å². The number of anilines is 1. The summed E-state index contributed by atoms with van der Waals surface area (Å²) in [4.78, 5) is 9.95. The molecule has 5 nitrogen and oxygen atoms in total. The highest BCUT2D eigenvalue weighted by Gasteiger charge is 2.43. The molecule has 1 aliphatic heterocycles. The Morgan fingerprint density at radius 1 is 1.53 bits per heavy atom. The summed E-state index contributed by atoms with van der Waals surface area (Å²) in [6, 6.07) is 1.94. The summed E-state index contributed by atoms with van der Waals surface area (Å²) in [5.74, 6) is -3.34. The van der Waals surface area contributed by atoms with Crippen molar-refractivity contribution >= 4 is 5.82 Å². The number of halogens is 2. The van der Waals surface area contributed by atoms with Gasteiger partial charge in [0.2, 0.25) is 0 Å². The highest BCUT2D eigenvalue weighted by molar-refractivity contribution is 5.41. The first-order valence-corrected chi connectivity index (χ1v) is 6.09. The minimum atomic E-state index is -2.82. The van der Waals surface area contributed by atoms with E-state index in [9.17, 15) is 8.78 Å². The third-order valence-electron chi connectivity index (χ3n) is 3.30. The van der Waals surface area contributed by atoms with Gasteiger partial charge in [0.25, 0.3) is 5.92 Å². The fraction of sp³-hybridized carbons (Fsp3) is 0.667. The number of rotatable bonds is 3. The molecule has 0 amide bonds. The van der Waals surface area contributed by atoms with Gasteiger partial charge in [-0.25, -0.2) is 13.8 Å². The molecule has 0 aromatic carbocycles. The number of ether oxygens (including phenoxy) is 1. The van der Waals surface area contributed by atoms with E-state index in [0.29, 0.717) is 11.5 Å². The standard InChI is InChI=1S/C12H17F2N3O2/c1-8-5-10(16-11(15-8)19-2)17-4-3-12(13,14)9(6-17)7-18/h5,9,18H,3-4,6-7H2,1-2H3. The maximum absolute atomic E-state index is 13.5. The van der Waals surface area contributed by atoms with E-state index in [1.54, 1.807) is 17.9 Å². The molecule has 1 unspecified atom stereocenters. The number of alkyl halides is 2. The zero-order valence-corrected chi connectivity index (χ0v) is 10.9. The Kier molecular flexibility index (Phi) is 3.84. The fourth-order valence-corrected chi connectivity index (χ4v) is 2.16. The summed E-state index contributed by atoms with van der Waals surface area (Å²) in [5.41, 5.74) is 0.708. The predicted molar refractivity (Wildman–Crippen MR) is 65.7 cm³/mol. The van der Waals surface area contributed by atoms with E-state index in [-0.39, 0.29) is 25.5 Å². The fourth-order valence-electron chi connectivity index (χ4n) is 2.16. The summed E-state index contributed by atoms with van der Waals surface area (Å²) in [6.07, 6.45) is -0.288. The molecule has 2 rings (SSSR count). The van der Waals surface area contributed by atoms with Crippen LogP contribution in [0.3, 0.4) is 0 Å². The van der Waals surface area contributed by atoms with Crippen LogP contribution in [0, 0.1) is 12.8 Å². The highest BCUT2D eigenvalue weighted by atomic mass is 19.3. The minimum Gasteiger partial charge on any atom is -0.467 e. The van der Waals surface area contributed by atoms with Crippen LogP contribution in [0.4, 0.5) is 14.6 Å². The van der Waals surface area contributed by atoms with Crippen LogP contribution in [0.5, 0.6) is 6.01 Å². The van der Waals surface area contributed by atoms with Gasteiger partial charge in [-0.3, -0.25) is 0 Å². The number of methoxy groups -OCH3 is 1. The molecule has 1 fully saturated rings. The second kappa shape index (κ2) is 5.24. The largest absolute Gasteiger partial charge is 0.467 e. The molecule has 1 atom stereocenters. The Labute approximate surface area is 110 Å². The van der Waals surface area contributed by atoms with E-state index in [0.717, 1.165) is 0 Å². The number of aliphatic hydroxyl groups excluding tert-OH is 1. The van der Waals surface area contributed by atoms with Gasteiger partial charge in [-0.1, -0.05) is 0 Å². The quantitative estimate of drug-likeness (QED) is 0.898. The molecule has 0 saturated carbocycles. The van der Waals surface area contributed by atoms with Gasteiger partial charge in [0.05, 0.1) is 19.6 Å². The molecule has 1 aliphatic rings. The van der Waals surface area contributed by atoms with Gasteiger partial charge < -0.3 is 14.7 Å². The minimum absolute atomic E-state index is 0.0725. The topological polar surface area (TPSA) is 58.5 Å². The molecule has 19 heavy (non-hydrogen) atoms. The third-order valence-corrected chi connectivity index (χ3v) is 3.30. The summed E-state index contributed by atoms with van der Waals surface area (Å²) < 4.78 is 32.1. The first-order valence-electron chi connectivity index (χ1n) is 6.09. The summed E-state index contributed by atoms with van der Waals surface area (Å²) in [7, 11) is 1.46. The van der Waals surface area contributed by atoms with Crippen LogP contribution < -0.4 is 9.64 Å². The molecule has 0 aliphatic carbocycles. The van der Waals surface area contributed by atoms with Crippen LogP contribution in [0.25, 0.3) is 0 Å². The molecule has 7 heteroatoms. The number of piperidine rings is 1. The van der Waals surface area contributed by atoms with Gasteiger partial charge >= 0.3 is 6.01 Å². The monoisotopic (exact) mass is 273 g/mol. The van der Waals surface area contributed by atoms with Gasteiger partial charge in [0.1, 0.15) is 5.82 Å². The molecule has 0 radical (unpaired) electrons. The number of aromatic nitrogens is 2. The number of hydrogen-bond donors (Lipinski definition) is 1. The second-order valence-electron chi connectivity index (χ2n) is 4.69. The van der Waals surface area contributed by atoms with E-state index >= 15 is 0 Å². The molecule has 0 bridgehead atoms. The van der Waals surface area contributed by atoms with Gasteiger partial charge in [0, 0.05) is 31.3 Å². The average molecular weight is 273 g/mol. The van der Waals surface area contributed by atoms with E-state index in [1.807, 2.05) is 0 Å². The summed E-state index contributed by atoms with van der Waals surface area (Å²) in [6.45, 7) is 1.52. The predicted octanol–water partition coefficient (Wildman–Crippen LogP) is 1.25. The van der Waals surface area contributed by atoms with Crippen molar-refractivity contribution in [2.24, 2.45) is 5.92 Å². The number of nitrogens with zero attached hydrogens (tertiary/aromatic N) is 3. The van der Waals surface area contributed by atoms with Crippen molar-refractivity contribution in [3.05, 3.63) is 11.8 Å². The van der Waals surface area contributed by atoms with Crippen LogP contribution >= 0.6 is 0 Å². The Hall–Kier alpha value is -1.50. The van der Waals surface area contributed by atoms with Gasteiger partial charge in [-0.2, -0.15) is 4.98 Å². The zero-order chi connectivity index (χ0) is 14.0. The Morgan fingerprint density at radius 3 is 2.89 bits per heavy atom. The van der Waals surface area contributed by atoms with Crippen LogP contribution in [-0.2, 0) is 0 Å². The zero-order valence-electron chi connectivity index (χ0n) is 10.9. The average Bonchev–Trinajstić information content (AvgIpc) is 2.37. The first-order chi connectivity index (χ1) is 8.96. The normalized spacial score (nSPS) is 22.4. The molecule has 1 aromatic rings. The van der Waals surface area contributed by atoms with Gasteiger partial charge in [-0.05, 0) is 6.92 Å². The maximum atomic E-state index is 13.5. The van der Waals surface area contributed by atoms with Crippen LogP contribution in [0.2, 0.25) is 0 Å². The molecule has 0 spiro atoms. The molecule has 1 saturated heterocycles. The van der Waals surface area contributed by atoms with Crippen molar-refractivity contribution in [1.82, 2.24) is 9.97 Å². The Morgan fingerprint density at radius 2 is 2.26 bits per heavy atom. The van der Waals surface area contributed by atoms with E-state index in [4.69, 9.17) is 9.84 Å². The third kappa shape index (κ3) is 2.91. The van der Waals surface area contributed by atoms with Crippen LogP contribution in [0.15, 0.2) is 6.07 Å². The number of aliphatic hydroxyl groups is 1. The maximum Gasteiger partial charge on any atom is 0.318 e.